The molecular formula is C8H10BrClF2N2O. The van der Waals surface area contributed by atoms with Crippen molar-refractivity contribution in [1.29, 1.82) is 0 Å². The Morgan fingerprint density at radius 2 is 2.20 bits per heavy atom. The summed E-state index contributed by atoms with van der Waals surface area (Å²) < 4.78 is 26.3. The van der Waals surface area contributed by atoms with Crippen molar-refractivity contribution in [2.75, 3.05) is 6.61 Å². The molecule has 1 atom stereocenters. The van der Waals surface area contributed by atoms with Crippen LogP contribution in [0.1, 0.15) is 11.6 Å². The third kappa shape index (κ3) is 3.64. The van der Waals surface area contributed by atoms with E-state index in [1.165, 1.54) is 18.3 Å². The average molecular weight is 304 g/mol. The van der Waals surface area contributed by atoms with E-state index in [0.29, 0.717) is 4.60 Å². The molecule has 0 aromatic carbocycles. The average Bonchev–Trinajstić information content (AvgIpc) is 2.16. The minimum Gasteiger partial charge on any atom is -0.390 e. The minimum absolute atomic E-state index is 0. The largest absolute Gasteiger partial charge is 0.390 e. The number of aromatic nitrogens is 1. The van der Waals surface area contributed by atoms with Crippen LogP contribution in [-0.4, -0.2) is 22.6 Å². The zero-order chi connectivity index (χ0) is 10.8. The molecule has 1 aromatic rings. The summed E-state index contributed by atoms with van der Waals surface area (Å²) in [6, 6.07) is 1.26. The van der Waals surface area contributed by atoms with Gasteiger partial charge in [-0.25, -0.2) is 13.8 Å². The van der Waals surface area contributed by atoms with E-state index in [4.69, 9.17) is 10.8 Å². The van der Waals surface area contributed by atoms with Crippen LogP contribution in [0, 0.1) is 0 Å². The minimum atomic E-state index is -3.32. The highest BCUT2D eigenvalue weighted by Gasteiger charge is 2.37. The second kappa shape index (κ2) is 5.69. The van der Waals surface area contributed by atoms with E-state index in [1.807, 2.05) is 0 Å². The van der Waals surface area contributed by atoms with Gasteiger partial charge in [0.1, 0.15) is 11.2 Å². The molecular weight excluding hydrogens is 293 g/mol. The van der Waals surface area contributed by atoms with Gasteiger partial charge < -0.3 is 10.8 Å². The second-order valence-corrected chi connectivity index (χ2v) is 3.62. The first-order valence-corrected chi connectivity index (χ1v) is 4.62. The van der Waals surface area contributed by atoms with Crippen LogP contribution in [0.25, 0.3) is 0 Å². The summed E-state index contributed by atoms with van der Waals surface area (Å²) in [5.41, 5.74) is 5.52. The number of halogens is 4. The molecule has 1 rings (SSSR count). The van der Waals surface area contributed by atoms with E-state index in [1.54, 1.807) is 0 Å². The number of alkyl halides is 2. The number of hydrogen-bond donors (Lipinski definition) is 2. The smallest absolute Gasteiger partial charge is 0.289 e. The Bertz CT molecular complexity index is 327. The molecule has 0 amide bonds. The Morgan fingerprint density at radius 3 is 2.67 bits per heavy atom. The summed E-state index contributed by atoms with van der Waals surface area (Å²) in [7, 11) is 0. The van der Waals surface area contributed by atoms with E-state index in [2.05, 4.69) is 20.9 Å². The highest BCUT2D eigenvalue weighted by Crippen LogP contribution is 2.29. The number of pyridine rings is 1. The zero-order valence-electron chi connectivity index (χ0n) is 7.53. The van der Waals surface area contributed by atoms with Crippen LogP contribution in [0.4, 0.5) is 8.78 Å². The van der Waals surface area contributed by atoms with E-state index in [9.17, 15) is 8.78 Å². The number of aliphatic hydroxyl groups is 1. The number of nitrogens with two attached hydrogens (primary N) is 1. The second-order valence-electron chi connectivity index (χ2n) is 2.81. The van der Waals surface area contributed by atoms with Gasteiger partial charge in [-0.05, 0) is 33.6 Å². The summed E-state index contributed by atoms with van der Waals surface area (Å²) in [4.78, 5) is 3.78. The number of nitrogens with zero attached hydrogens (tertiary/aromatic N) is 1. The lowest BCUT2D eigenvalue weighted by atomic mass is 10.0. The molecule has 1 heterocycles. The fourth-order valence-corrected chi connectivity index (χ4v) is 1.34. The summed E-state index contributed by atoms with van der Waals surface area (Å²) in [6.07, 6.45) is 1.37. The molecule has 86 valence electrons. The van der Waals surface area contributed by atoms with Crippen LogP contribution in [0.3, 0.4) is 0 Å². The summed E-state index contributed by atoms with van der Waals surface area (Å²) in [6.45, 7) is -1.27. The van der Waals surface area contributed by atoms with Gasteiger partial charge >= 0.3 is 0 Å². The lowest BCUT2D eigenvalue weighted by Crippen LogP contribution is -2.36. The summed E-state index contributed by atoms with van der Waals surface area (Å²) >= 11 is 3.05. The SMILES string of the molecule is Cl.N[C@H](c1ccnc(Br)c1)C(F)(F)CO. The quantitative estimate of drug-likeness (QED) is 0.839. The fraction of sp³-hybridized carbons (Fsp3) is 0.375. The molecule has 7 heteroatoms. The number of aliphatic hydroxyl groups excluding tert-OH is 1. The molecule has 0 fully saturated rings. The third-order valence-corrected chi connectivity index (χ3v) is 2.21. The molecule has 0 aliphatic rings. The zero-order valence-corrected chi connectivity index (χ0v) is 9.93. The first kappa shape index (κ1) is 14.7. The van der Waals surface area contributed by atoms with Crippen LogP contribution in [0.2, 0.25) is 0 Å². The van der Waals surface area contributed by atoms with Gasteiger partial charge in [-0.15, -0.1) is 12.4 Å². The van der Waals surface area contributed by atoms with Crippen molar-refractivity contribution in [3.8, 4) is 0 Å². The van der Waals surface area contributed by atoms with Gasteiger partial charge in [-0.3, -0.25) is 0 Å². The number of hydrogen-bond acceptors (Lipinski definition) is 3. The molecule has 3 N–H and O–H groups in total. The lowest BCUT2D eigenvalue weighted by molar-refractivity contribution is -0.0712. The molecule has 3 nitrogen and oxygen atoms in total. The van der Waals surface area contributed by atoms with Crippen molar-refractivity contribution in [3.63, 3.8) is 0 Å². The Labute approximate surface area is 100 Å². The van der Waals surface area contributed by atoms with Gasteiger partial charge in [0.05, 0.1) is 6.04 Å². The van der Waals surface area contributed by atoms with Crippen molar-refractivity contribution < 1.29 is 13.9 Å². The van der Waals surface area contributed by atoms with Crippen molar-refractivity contribution in [1.82, 2.24) is 4.98 Å². The van der Waals surface area contributed by atoms with Crippen LogP contribution < -0.4 is 5.73 Å². The van der Waals surface area contributed by atoms with Crippen molar-refractivity contribution >= 4 is 28.3 Å². The van der Waals surface area contributed by atoms with E-state index >= 15 is 0 Å². The Balaban J connectivity index is 0.00000196. The Hall–Kier alpha value is -0.300. The molecule has 0 saturated carbocycles. The molecule has 0 radical (unpaired) electrons. The predicted octanol–water partition coefficient (Wildman–Crippen LogP) is 1.89. The van der Waals surface area contributed by atoms with E-state index < -0.39 is 18.6 Å². The van der Waals surface area contributed by atoms with E-state index in [-0.39, 0.29) is 18.0 Å². The molecule has 0 aliphatic heterocycles. The highest BCUT2D eigenvalue weighted by molar-refractivity contribution is 9.10. The summed E-state index contributed by atoms with van der Waals surface area (Å²) in [5.74, 6) is -3.32. The maximum absolute atomic E-state index is 13.0. The molecule has 0 saturated heterocycles. The van der Waals surface area contributed by atoms with Gasteiger partial charge in [0.15, 0.2) is 0 Å². The van der Waals surface area contributed by atoms with Gasteiger partial charge in [0.2, 0.25) is 0 Å². The maximum atomic E-state index is 13.0. The fourth-order valence-electron chi connectivity index (χ4n) is 0.953. The molecule has 0 aliphatic carbocycles. The van der Waals surface area contributed by atoms with Crippen molar-refractivity contribution in [2.24, 2.45) is 5.73 Å². The van der Waals surface area contributed by atoms with Gasteiger partial charge in [0.25, 0.3) is 5.92 Å². The third-order valence-electron chi connectivity index (χ3n) is 1.78. The Morgan fingerprint density at radius 1 is 1.60 bits per heavy atom. The van der Waals surface area contributed by atoms with Gasteiger partial charge in [-0.1, -0.05) is 0 Å². The maximum Gasteiger partial charge on any atom is 0.289 e. The van der Waals surface area contributed by atoms with Crippen molar-refractivity contribution in [3.05, 3.63) is 28.5 Å². The molecule has 0 spiro atoms. The predicted molar refractivity (Wildman–Crippen MR) is 58.1 cm³/mol. The number of rotatable bonds is 3. The topological polar surface area (TPSA) is 59.1 Å². The molecule has 1 aromatic heterocycles. The van der Waals surface area contributed by atoms with Crippen molar-refractivity contribution in [2.45, 2.75) is 12.0 Å². The lowest BCUT2D eigenvalue weighted by Gasteiger charge is -2.21. The normalized spacial score (nSPS) is 13.1. The van der Waals surface area contributed by atoms with Crippen LogP contribution in [0.15, 0.2) is 22.9 Å². The van der Waals surface area contributed by atoms with Crippen LogP contribution in [0.5, 0.6) is 0 Å². The monoisotopic (exact) mass is 302 g/mol. The molecule has 0 unspecified atom stereocenters. The van der Waals surface area contributed by atoms with Crippen LogP contribution >= 0.6 is 28.3 Å². The molecule has 15 heavy (non-hydrogen) atoms. The Kier molecular flexibility index (Phi) is 5.58. The van der Waals surface area contributed by atoms with Gasteiger partial charge in [-0.2, -0.15) is 0 Å². The van der Waals surface area contributed by atoms with Gasteiger partial charge in [0, 0.05) is 6.20 Å². The first-order chi connectivity index (χ1) is 6.47. The summed E-state index contributed by atoms with van der Waals surface area (Å²) in [5, 5.41) is 8.44. The van der Waals surface area contributed by atoms with E-state index in [0.717, 1.165) is 0 Å². The standard InChI is InChI=1S/C8H9BrF2N2O.ClH/c9-6-3-5(1-2-13-6)7(12)8(10,11)4-14;/h1-3,7,14H,4,12H2;1H/t7-;/m1./s1. The highest BCUT2D eigenvalue weighted by atomic mass is 79.9. The van der Waals surface area contributed by atoms with Crippen LogP contribution in [-0.2, 0) is 0 Å². The molecule has 0 bridgehead atoms. The first-order valence-electron chi connectivity index (χ1n) is 3.83.